The van der Waals surface area contributed by atoms with Crippen molar-refractivity contribution in [3.05, 3.63) is 59.7 Å². The van der Waals surface area contributed by atoms with E-state index in [1.165, 1.54) is 31.6 Å². The quantitative estimate of drug-likeness (QED) is 0.455. The van der Waals surface area contributed by atoms with Crippen molar-refractivity contribution in [1.82, 2.24) is 20.2 Å². The maximum Gasteiger partial charge on any atom is 0.248 e. The Morgan fingerprint density at radius 2 is 2.09 bits per heavy atom. The third-order valence-corrected chi connectivity index (χ3v) is 5.53. The Labute approximate surface area is 195 Å². The van der Waals surface area contributed by atoms with Gasteiger partial charge in [-0.15, -0.1) is 0 Å². The molecule has 0 radical (unpaired) electrons. The first-order valence-corrected chi connectivity index (χ1v) is 10.9. The lowest BCUT2D eigenvalue weighted by Crippen LogP contribution is -2.43. The first-order valence-electron chi connectivity index (χ1n) is 10.5. The molecule has 10 heteroatoms. The molecule has 0 aliphatic carbocycles. The van der Waals surface area contributed by atoms with Crippen LogP contribution in [0.25, 0.3) is 10.9 Å². The first kappa shape index (κ1) is 22.9. The molecule has 2 aromatic carbocycles. The number of hydrogen-bond acceptors (Lipinski definition) is 7. The lowest BCUT2D eigenvalue weighted by Gasteiger charge is -2.25. The second-order valence-corrected chi connectivity index (χ2v) is 7.90. The number of nitrogens with one attached hydrogen (secondary N) is 3. The van der Waals surface area contributed by atoms with Gasteiger partial charge in [-0.3, -0.25) is 9.69 Å². The second-order valence-electron chi connectivity index (χ2n) is 7.49. The van der Waals surface area contributed by atoms with Crippen molar-refractivity contribution >= 4 is 45.6 Å². The van der Waals surface area contributed by atoms with Crippen molar-refractivity contribution < 1.29 is 13.9 Å². The Hall–Kier alpha value is -3.27. The van der Waals surface area contributed by atoms with Crippen LogP contribution < -0.4 is 20.7 Å². The number of carbonyl (C=O) groups excluding carboxylic acids is 1. The number of piperazine rings is 1. The average molecular weight is 471 g/mol. The molecular weight excluding hydrogens is 447 g/mol. The fourth-order valence-electron chi connectivity index (χ4n) is 3.54. The van der Waals surface area contributed by atoms with Gasteiger partial charge in [-0.25, -0.2) is 14.4 Å². The van der Waals surface area contributed by atoms with Crippen molar-refractivity contribution in [2.45, 2.75) is 0 Å². The van der Waals surface area contributed by atoms with Crippen molar-refractivity contribution in [3.8, 4) is 5.75 Å². The number of halogens is 2. The molecule has 33 heavy (non-hydrogen) atoms. The maximum absolute atomic E-state index is 13.5. The summed E-state index contributed by atoms with van der Waals surface area (Å²) in [5.41, 5.74) is 1.67. The number of hydrogen-bond donors (Lipinski definition) is 3. The molecule has 1 aromatic heterocycles. The maximum atomic E-state index is 13.5. The largest absolute Gasteiger partial charge is 0.494 e. The zero-order valence-corrected chi connectivity index (χ0v) is 18.8. The fraction of sp³-hybridized carbons (Fsp3) is 0.261. The number of methoxy groups -OCH3 is 1. The van der Waals surface area contributed by atoms with Crippen LogP contribution in [0.4, 0.5) is 21.6 Å². The van der Waals surface area contributed by atoms with Crippen LogP contribution in [-0.2, 0) is 4.79 Å². The molecule has 1 aliphatic rings. The van der Waals surface area contributed by atoms with E-state index in [4.69, 9.17) is 16.3 Å². The topological polar surface area (TPSA) is 91.4 Å². The van der Waals surface area contributed by atoms with Gasteiger partial charge in [0.1, 0.15) is 23.7 Å². The molecule has 1 saturated heterocycles. The standard InChI is InChI=1S/C23H24ClFN6O2/c1-33-21-13-19-16(23(28-14-27-19)29-15-4-5-18(25)17(24)11-15)12-20(21)30-22(32)3-2-8-31-9-6-26-7-10-31/h2-5,11-14,26H,6-10H2,1H3,(H,30,32)(H,27,28,29). The summed E-state index contributed by atoms with van der Waals surface area (Å²) in [7, 11) is 1.53. The molecule has 0 spiro atoms. The van der Waals surface area contributed by atoms with E-state index in [-0.39, 0.29) is 10.9 Å². The molecule has 1 amide bonds. The third-order valence-electron chi connectivity index (χ3n) is 5.24. The molecule has 0 saturated carbocycles. The van der Waals surface area contributed by atoms with E-state index in [2.05, 4.69) is 30.8 Å². The molecule has 3 aromatic rings. The summed E-state index contributed by atoms with van der Waals surface area (Å²) in [6.07, 6.45) is 4.78. The van der Waals surface area contributed by atoms with E-state index in [1.807, 2.05) is 6.08 Å². The first-order chi connectivity index (χ1) is 16.0. The third kappa shape index (κ3) is 5.75. The van der Waals surface area contributed by atoms with E-state index in [1.54, 1.807) is 18.2 Å². The van der Waals surface area contributed by atoms with Gasteiger partial charge < -0.3 is 20.7 Å². The molecule has 1 fully saturated rings. The Balaban J connectivity index is 1.55. The monoisotopic (exact) mass is 470 g/mol. The van der Waals surface area contributed by atoms with Gasteiger partial charge in [-0.05, 0) is 24.3 Å². The van der Waals surface area contributed by atoms with Gasteiger partial charge in [-0.1, -0.05) is 17.7 Å². The Morgan fingerprint density at radius 3 is 2.85 bits per heavy atom. The zero-order chi connectivity index (χ0) is 23.2. The van der Waals surface area contributed by atoms with Crippen LogP contribution in [0.15, 0.2) is 48.8 Å². The average Bonchev–Trinajstić information content (AvgIpc) is 2.82. The number of rotatable bonds is 7. The minimum Gasteiger partial charge on any atom is -0.494 e. The number of aromatic nitrogens is 2. The smallest absolute Gasteiger partial charge is 0.248 e. The van der Waals surface area contributed by atoms with Crippen molar-refractivity contribution in [3.63, 3.8) is 0 Å². The molecule has 0 unspecified atom stereocenters. The second kappa shape index (κ2) is 10.6. The van der Waals surface area contributed by atoms with E-state index < -0.39 is 5.82 Å². The van der Waals surface area contributed by atoms with E-state index in [0.717, 1.165) is 26.2 Å². The Kier molecular flexibility index (Phi) is 7.33. The molecule has 0 bridgehead atoms. The summed E-state index contributed by atoms with van der Waals surface area (Å²) >= 11 is 5.89. The fourth-order valence-corrected chi connectivity index (χ4v) is 3.72. The van der Waals surface area contributed by atoms with Crippen molar-refractivity contribution in [2.75, 3.05) is 50.5 Å². The minimum atomic E-state index is -0.505. The normalized spacial score (nSPS) is 14.5. The molecule has 4 rings (SSSR count). The number of fused-ring (bicyclic) bond motifs is 1. The van der Waals surface area contributed by atoms with Crippen LogP contribution in [0.3, 0.4) is 0 Å². The lowest BCUT2D eigenvalue weighted by atomic mass is 10.1. The number of nitrogens with zero attached hydrogens (tertiary/aromatic N) is 3. The van der Waals surface area contributed by atoms with Crippen molar-refractivity contribution in [2.24, 2.45) is 0 Å². The Morgan fingerprint density at radius 1 is 1.27 bits per heavy atom. The SMILES string of the molecule is COc1cc2ncnc(Nc3ccc(F)c(Cl)c3)c2cc1NC(=O)C=CCN1CCNCC1. The van der Waals surface area contributed by atoms with Gasteiger partial charge in [-0.2, -0.15) is 0 Å². The molecule has 2 heterocycles. The number of benzene rings is 2. The zero-order valence-electron chi connectivity index (χ0n) is 18.1. The molecule has 172 valence electrons. The lowest BCUT2D eigenvalue weighted by molar-refractivity contribution is -0.111. The highest BCUT2D eigenvalue weighted by molar-refractivity contribution is 6.31. The van der Waals surface area contributed by atoms with Gasteiger partial charge in [0, 0.05) is 55.9 Å². The molecule has 1 aliphatic heterocycles. The summed E-state index contributed by atoms with van der Waals surface area (Å²) < 4.78 is 18.9. The van der Waals surface area contributed by atoms with E-state index in [0.29, 0.717) is 40.4 Å². The van der Waals surface area contributed by atoms with Gasteiger partial charge in [0.15, 0.2) is 0 Å². The van der Waals surface area contributed by atoms with Crippen molar-refractivity contribution in [1.29, 1.82) is 0 Å². The number of carbonyl (C=O) groups is 1. The summed E-state index contributed by atoms with van der Waals surface area (Å²) in [6.45, 7) is 4.54. The van der Waals surface area contributed by atoms with Gasteiger partial charge in [0.05, 0.1) is 23.3 Å². The highest BCUT2D eigenvalue weighted by atomic mass is 35.5. The summed E-state index contributed by atoms with van der Waals surface area (Å²) in [6, 6.07) is 7.77. The van der Waals surface area contributed by atoms with Crippen LogP contribution in [0, 0.1) is 5.82 Å². The minimum absolute atomic E-state index is 0.000543. The van der Waals surface area contributed by atoms with E-state index >= 15 is 0 Å². The Bertz CT molecular complexity index is 1180. The van der Waals surface area contributed by atoms with Crippen LogP contribution in [0.2, 0.25) is 5.02 Å². The van der Waals surface area contributed by atoms with Crippen LogP contribution in [0.5, 0.6) is 5.75 Å². The van der Waals surface area contributed by atoms with Crippen LogP contribution in [-0.4, -0.2) is 60.6 Å². The molecular formula is C23H24ClFN6O2. The van der Waals surface area contributed by atoms with Crippen LogP contribution >= 0.6 is 11.6 Å². The molecule has 3 N–H and O–H groups in total. The van der Waals surface area contributed by atoms with Crippen LogP contribution in [0.1, 0.15) is 0 Å². The highest BCUT2D eigenvalue weighted by Crippen LogP contribution is 2.33. The highest BCUT2D eigenvalue weighted by Gasteiger charge is 2.13. The predicted molar refractivity (Wildman–Crippen MR) is 128 cm³/mol. The number of amides is 1. The van der Waals surface area contributed by atoms with Gasteiger partial charge in [0.2, 0.25) is 5.91 Å². The summed E-state index contributed by atoms with van der Waals surface area (Å²) in [5.74, 6) is 0.185. The number of ether oxygens (including phenoxy) is 1. The summed E-state index contributed by atoms with van der Waals surface area (Å²) in [4.78, 5) is 23.4. The number of anilines is 3. The predicted octanol–water partition coefficient (Wildman–Crippen LogP) is 3.57. The van der Waals surface area contributed by atoms with Gasteiger partial charge in [0.25, 0.3) is 0 Å². The molecule has 0 atom stereocenters. The van der Waals surface area contributed by atoms with Gasteiger partial charge >= 0.3 is 0 Å². The van der Waals surface area contributed by atoms with E-state index in [9.17, 15) is 9.18 Å². The summed E-state index contributed by atoms with van der Waals surface area (Å²) in [5, 5.41) is 9.94. The molecule has 8 nitrogen and oxygen atoms in total.